The third-order valence-electron chi connectivity index (χ3n) is 7.81. The molecule has 1 aliphatic heterocycles. The van der Waals surface area contributed by atoms with Gasteiger partial charge in [0.05, 0.1) is 6.04 Å². The second kappa shape index (κ2) is 15.2. The Labute approximate surface area is 253 Å². The highest BCUT2D eigenvalue weighted by molar-refractivity contribution is 6.00. The molecule has 0 saturated carbocycles. The van der Waals surface area contributed by atoms with Crippen molar-refractivity contribution in [3.05, 3.63) is 83.6 Å². The number of carbonyl (C=O) groups is 5. The highest BCUT2D eigenvalue weighted by Gasteiger charge is 2.42. The van der Waals surface area contributed by atoms with Gasteiger partial charge in [-0.3, -0.25) is 19.2 Å². The van der Waals surface area contributed by atoms with E-state index in [0.29, 0.717) is 16.8 Å². The normalized spacial score (nSPS) is 18.2. The van der Waals surface area contributed by atoms with Crippen LogP contribution in [0.1, 0.15) is 79.3 Å². The van der Waals surface area contributed by atoms with Crippen LogP contribution in [0.4, 0.5) is 0 Å². The Morgan fingerprint density at radius 2 is 1.63 bits per heavy atom. The summed E-state index contributed by atoms with van der Waals surface area (Å²) >= 11 is 0. The number of amides is 3. The largest absolute Gasteiger partial charge is 0.376 e. The molecule has 230 valence electrons. The minimum atomic E-state index is -0.857. The van der Waals surface area contributed by atoms with Gasteiger partial charge in [-0.05, 0) is 65.3 Å². The number of rotatable bonds is 14. The van der Waals surface area contributed by atoms with Gasteiger partial charge in [0, 0.05) is 41.9 Å². The molecule has 0 aromatic heterocycles. The van der Waals surface area contributed by atoms with Crippen LogP contribution in [-0.4, -0.2) is 71.9 Å². The molecule has 2 aromatic carbocycles. The van der Waals surface area contributed by atoms with E-state index < -0.39 is 24.0 Å². The maximum absolute atomic E-state index is 14.1. The number of nitrogens with zero attached hydrogens (tertiary/aromatic N) is 1. The molecule has 3 rings (SSSR count). The maximum atomic E-state index is 14.1. The lowest BCUT2D eigenvalue weighted by Crippen LogP contribution is -2.53. The van der Waals surface area contributed by atoms with Crippen molar-refractivity contribution < 1.29 is 24.0 Å². The molecule has 43 heavy (non-hydrogen) atoms. The second-order valence-corrected chi connectivity index (χ2v) is 11.2. The minimum absolute atomic E-state index is 0.0581. The van der Waals surface area contributed by atoms with Crippen LogP contribution in [0.3, 0.4) is 0 Å². The molecular formula is C33H43N5O5. The number of carbonyl (C=O) groups excluding carboxylic acids is 5. The fourth-order valence-corrected chi connectivity index (χ4v) is 5.04. The van der Waals surface area contributed by atoms with Crippen molar-refractivity contribution in [3.8, 4) is 0 Å². The van der Waals surface area contributed by atoms with Crippen LogP contribution in [0.15, 0.2) is 66.9 Å². The molecule has 10 nitrogen and oxygen atoms in total. The zero-order valence-electron chi connectivity index (χ0n) is 25.6. The van der Waals surface area contributed by atoms with E-state index in [2.05, 4.69) is 27.8 Å². The zero-order chi connectivity index (χ0) is 31.7. The summed E-state index contributed by atoms with van der Waals surface area (Å²) in [6.07, 6.45) is 0.598. The van der Waals surface area contributed by atoms with Crippen LogP contribution in [0.5, 0.6) is 0 Å². The van der Waals surface area contributed by atoms with Crippen molar-refractivity contribution in [2.75, 3.05) is 13.6 Å². The number of benzene rings is 2. The Balaban J connectivity index is 1.86. The molecule has 0 bridgehead atoms. The Morgan fingerprint density at radius 3 is 2.26 bits per heavy atom. The lowest BCUT2D eigenvalue weighted by Gasteiger charge is -2.31. The molecule has 0 radical (unpaired) electrons. The van der Waals surface area contributed by atoms with Crippen molar-refractivity contribution >= 4 is 29.3 Å². The van der Waals surface area contributed by atoms with Gasteiger partial charge in [0.15, 0.2) is 5.78 Å². The highest BCUT2D eigenvalue weighted by atomic mass is 16.2. The van der Waals surface area contributed by atoms with Crippen LogP contribution in [0, 0.1) is 0 Å². The van der Waals surface area contributed by atoms with Crippen molar-refractivity contribution in [3.63, 3.8) is 0 Å². The molecule has 4 N–H and O–H groups in total. The van der Waals surface area contributed by atoms with Crippen LogP contribution < -0.4 is 21.3 Å². The second-order valence-electron chi connectivity index (χ2n) is 11.2. The predicted molar refractivity (Wildman–Crippen MR) is 165 cm³/mol. The van der Waals surface area contributed by atoms with E-state index in [1.54, 1.807) is 25.2 Å². The summed E-state index contributed by atoms with van der Waals surface area (Å²) in [5.41, 5.74) is 2.23. The molecule has 5 atom stereocenters. The van der Waals surface area contributed by atoms with Gasteiger partial charge in [-0.25, -0.2) is 0 Å². The fraction of sp³-hybridized carbons (Fsp3) is 0.424. The Hall–Kier alpha value is -4.31. The van der Waals surface area contributed by atoms with Gasteiger partial charge in [-0.15, -0.1) is 0 Å². The van der Waals surface area contributed by atoms with Crippen LogP contribution in [0.2, 0.25) is 0 Å². The molecule has 1 fully saturated rings. The quantitative estimate of drug-likeness (QED) is 0.249. The summed E-state index contributed by atoms with van der Waals surface area (Å²) < 4.78 is 0. The molecule has 2 aromatic rings. The minimum Gasteiger partial charge on any atom is -0.376 e. The van der Waals surface area contributed by atoms with Crippen LogP contribution >= 0.6 is 0 Å². The van der Waals surface area contributed by atoms with Gasteiger partial charge in [0.25, 0.3) is 5.91 Å². The van der Waals surface area contributed by atoms with Gasteiger partial charge in [0.2, 0.25) is 11.8 Å². The fourth-order valence-electron chi connectivity index (χ4n) is 5.04. The van der Waals surface area contributed by atoms with E-state index >= 15 is 0 Å². The predicted octanol–water partition coefficient (Wildman–Crippen LogP) is 2.91. The first kappa shape index (κ1) is 33.2. The van der Waals surface area contributed by atoms with E-state index in [1.165, 1.54) is 24.8 Å². The van der Waals surface area contributed by atoms with Crippen LogP contribution in [0.25, 0.3) is 0 Å². The SMILES string of the molecule is C=C(N[C@@H](CCC(C)=O)C(=O)N1C[C@@H](NC(=O)c2cccc(C(C)=O)c2)CC1C(=O)N[C@H](C)c1ccccc1)[C@H](C)NC. The summed E-state index contributed by atoms with van der Waals surface area (Å²) in [4.78, 5) is 66.1. The first-order chi connectivity index (χ1) is 20.4. The Bertz CT molecular complexity index is 1340. The van der Waals surface area contributed by atoms with Crippen LogP contribution in [-0.2, 0) is 14.4 Å². The summed E-state index contributed by atoms with van der Waals surface area (Å²) in [5.74, 6) is -1.31. The van der Waals surface area contributed by atoms with E-state index in [-0.39, 0.29) is 61.3 Å². The number of likely N-dealkylation sites (N-methyl/N-ethyl adjacent to an activating group) is 1. The summed E-state index contributed by atoms with van der Waals surface area (Å²) in [6.45, 7) is 10.8. The summed E-state index contributed by atoms with van der Waals surface area (Å²) in [5, 5.41) is 12.2. The average Bonchev–Trinajstić information content (AvgIpc) is 3.42. The number of hydrogen-bond acceptors (Lipinski definition) is 7. The number of nitrogens with one attached hydrogen (secondary N) is 4. The molecule has 1 heterocycles. The number of hydrogen-bond donors (Lipinski definition) is 4. The summed E-state index contributed by atoms with van der Waals surface area (Å²) in [6, 6.07) is 13.3. The zero-order valence-corrected chi connectivity index (χ0v) is 25.6. The van der Waals surface area contributed by atoms with Gasteiger partial charge in [-0.1, -0.05) is 49.0 Å². The number of likely N-dealkylation sites (tertiary alicyclic amines) is 1. The Morgan fingerprint density at radius 1 is 0.953 bits per heavy atom. The standard InChI is InChI=1S/C33H43N5O5/c1-20(39)15-16-29(35-22(3)21(2)34-6)33(43)38-19-28(37-31(41)27-14-10-13-26(17-27)24(5)40)18-30(38)32(42)36-23(4)25-11-8-7-9-12-25/h7-14,17,21,23,28-30,34-35H,3,15-16,18-19H2,1-2,4-6H3,(H,36,42)(H,37,41)/t21-,23+,28-,29-,30?/m0/s1. The van der Waals surface area contributed by atoms with Gasteiger partial charge < -0.3 is 31.0 Å². The smallest absolute Gasteiger partial charge is 0.251 e. The highest BCUT2D eigenvalue weighted by Crippen LogP contribution is 2.23. The van der Waals surface area contributed by atoms with E-state index in [9.17, 15) is 24.0 Å². The molecule has 3 amide bonds. The molecule has 1 saturated heterocycles. The monoisotopic (exact) mass is 589 g/mol. The van der Waals surface area contributed by atoms with Crippen molar-refractivity contribution in [1.29, 1.82) is 0 Å². The van der Waals surface area contributed by atoms with Gasteiger partial charge in [-0.2, -0.15) is 0 Å². The van der Waals surface area contributed by atoms with Crippen molar-refractivity contribution in [2.24, 2.45) is 0 Å². The molecule has 1 unspecified atom stereocenters. The third-order valence-corrected chi connectivity index (χ3v) is 7.81. The molecule has 1 aliphatic rings. The average molecular weight is 590 g/mol. The Kier molecular flexibility index (Phi) is 11.8. The van der Waals surface area contributed by atoms with E-state index in [4.69, 9.17) is 0 Å². The molecule has 0 spiro atoms. The number of ketones is 2. The molecular weight excluding hydrogens is 546 g/mol. The lowest BCUT2D eigenvalue weighted by molar-refractivity contribution is -0.140. The van der Waals surface area contributed by atoms with E-state index in [1.807, 2.05) is 44.2 Å². The first-order valence-electron chi connectivity index (χ1n) is 14.6. The summed E-state index contributed by atoms with van der Waals surface area (Å²) in [7, 11) is 1.78. The van der Waals surface area contributed by atoms with E-state index in [0.717, 1.165) is 5.56 Å². The molecule has 0 aliphatic carbocycles. The molecule has 10 heteroatoms. The number of Topliss-reactive ketones (excluding diaryl/α,β-unsaturated/α-hetero) is 2. The van der Waals surface area contributed by atoms with Gasteiger partial charge in [0.1, 0.15) is 17.9 Å². The lowest BCUT2D eigenvalue weighted by atomic mass is 10.0. The van der Waals surface area contributed by atoms with Crippen molar-refractivity contribution in [1.82, 2.24) is 26.2 Å². The topological polar surface area (TPSA) is 137 Å². The first-order valence-corrected chi connectivity index (χ1v) is 14.6. The van der Waals surface area contributed by atoms with Crippen molar-refractivity contribution in [2.45, 2.75) is 77.2 Å². The third kappa shape index (κ3) is 9.09. The van der Waals surface area contributed by atoms with Gasteiger partial charge >= 0.3 is 0 Å². The maximum Gasteiger partial charge on any atom is 0.251 e.